The Hall–Kier alpha value is -6.37. The van der Waals surface area contributed by atoms with Crippen LogP contribution >= 0.6 is 0 Å². The smallest absolute Gasteiger partial charge is 0.364 e. The van der Waals surface area contributed by atoms with Gasteiger partial charge in [-0.1, -0.05) is 0 Å². The Bertz CT molecular complexity index is 3720. The minimum atomic E-state index is -3.89. The van der Waals surface area contributed by atoms with E-state index in [0.29, 0.717) is 0 Å². The lowest BCUT2D eigenvalue weighted by molar-refractivity contribution is -0.405. The standard InChI is InChI=1S/C70H113N5O53/c1-18(84)71-35-23(89)6-67(63(106)107,123-53(35)40(95)27(93)10-76)121-31(14-80)44(99)55-37(73-20(3)86)24(90)7-68(125-55,64(108)109)122-32(15-81)45(100)56-38(74-21(4)87)26(92)9-70(126-56,66(112)113)128-58-49(104)62(118-50-33(16-82)114-59(105)47(102)46(50)101)117-34(17-83)51(58)119-60-39(75-22(5)88)52(42(97)29(12-78)115-60)120-61-48(103)57(43(98)30(13-79)116-61)127-69(65(110)111)8-25(91)36(72-19(2)85)54(124-69)41(96)28(94)11-77/h23-62,76-83,89-105H,6-17H2,1-5H3,(H,71,84)(H,72,85)(H,73,86)(H,74,87)(H,75,88)(H,106,107)(H,108,109)(H,110,111)(H,112,113)/t23-,24-,25-,26-,27+,28+,29+,30+,31+,32+,33+,34+,35+,36+,37+,38+,39+,40+,41+,42-,43-,44+,45+,46+,47+,48+,49+,50+,51-,52+,53+,54+,55+,56+,57-,58+,59-,60-,61-,62-,67+,68+,69-,70-/m0/s1. The van der Waals surface area contributed by atoms with Crippen molar-refractivity contribution in [2.24, 2.45) is 0 Å². The van der Waals surface area contributed by atoms with Gasteiger partial charge in [0.05, 0.1) is 101 Å². The van der Waals surface area contributed by atoms with Crippen molar-refractivity contribution in [2.75, 3.05) is 52.9 Å². The molecule has 44 atom stereocenters. The largest absolute Gasteiger partial charge is 0.477 e. The molecular weight excluding hydrogens is 1760 g/mol. The van der Waals surface area contributed by atoms with Gasteiger partial charge in [0.25, 0.3) is 23.1 Å². The summed E-state index contributed by atoms with van der Waals surface area (Å²) in [5.41, 5.74) is 0. The van der Waals surface area contributed by atoms with Gasteiger partial charge in [0.1, 0.15) is 171 Å². The molecule has 8 saturated heterocycles. The summed E-state index contributed by atoms with van der Waals surface area (Å²) in [6.07, 6.45) is -92.3. The zero-order valence-corrected chi connectivity index (χ0v) is 68.3. The lowest BCUT2D eigenvalue weighted by atomic mass is 9.86. The number of nitrogens with one attached hydrogen (secondary N) is 5. The van der Waals surface area contributed by atoms with E-state index in [2.05, 4.69) is 26.6 Å². The average Bonchev–Trinajstić information content (AvgIpc) is 0.732. The minimum absolute atomic E-state index is 0.755. The lowest BCUT2D eigenvalue weighted by Crippen LogP contribution is -2.73. The molecule has 58 heteroatoms. The van der Waals surface area contributed by atoms with Gasteiger partial charge in [-0.2, -0.15) is 0 Å². The summed E-state index contributed by atoms with van der Waals surface area (Å²) in [5, 5.41) is 336. The maximum atomic E-state index is 14.4. The Morgan fingerprint density at radius 1 is 0.320 bits per heavy atom. The summed E-state index contributed by atoms with van der Waals surface area (Å²) in [6, 6.07) is -10.4. The number of aliphatic hydroxyl groups is 25. The molecule has 8 fully saturated rings. The normalized spacial score (nSPS) is 42.5. The van der Waals surface area contributed by atoms with E-state index in [1.807, 2.05) is 0 Å². The third-order valence-corrected chi connectivity index (χ3v) is 22.6. The number of carbonyl (C=O) groups is 9. The number of carbonyl (C=O) groups excluding carboxylic acids is 5. The number of ether oxygens (including phenoxy) is 15. The molecule has 5 amide bonds. The first-order chi connectivity index (χ1) is 59.9. The predicted octanol–water partition coefficient (Wildman–Crippen LogP) is -20.9. The Morgan fingerprint density at radius 3 is 0.953 bits per heavy atom. The van der Waals surface area contributed by atoms with Gasteiger partial charge >= 0.3 is 23.9 Å². The van der Waals surface area contributed by atoms with Gasteiger partial charge < -0.3 is 246 Å². The summed E-state index contributed by atoms with van der Waals surface area (Å²) in [4.78, 5) is 119. The number of aliphatic hydroxyl groups excluding tert-OH is 25. The molecule has 0 spiro atoms. The van der Waals surface area contributed by atoms with Crippen LogP contribution in [0.5, 0.6) is 0 Å². The van der Waals surface area contributed by atoms with Crippen molar-refractivity contribution in [1.29, 1.82) is 0 Å². The highest BCUT2D eigenvalue weighted by molar-refractivity contribution is 5.79. The van der Waals surface area contributed by atoms with Crippen LogP contribution < -0.4 is 26.6 Å². The fourth-order valence-corrected chi connectivity index (χ4v) is 16.3. The van der Waals surface area contributed by atoms with Crippen molar-refractivity contribution >= 4 is 53.4 Å². The van der Waals surface area contributed by atoms with Gasteiger partial charge in [-0.15, -0.1) is 0 Å². The van der Waals surface area contributed by atoms with E-state index in [9.17, 15) is 191 Å². The molecule has 0 bridgehead atoms. The molecule has 8 heterocycles. The van der Waals surface area contributed by atoms with Gasteiger partial charge in [0.15, 0.2) is 25.2 Å². The van der Waals surface area contributed by atoms with Crippen LogP contribution in [0, 0.1) is 0 Å². The van der Waals surface area contributed by atoms with E-state index in [-0.39, 0.29) is 0 Å². The van der Waals surface area contributed by atoms with Gasteiger partial charge in [0.2, 0.25) is 29.5 Å². The second kappa shape index (κ2) is 44.7. The van der Waals surface area contributed by atoms with Crippen LogP contribution in [0.4, 0.5) is 0 Å². The molecule has 0 aromatic heterocycles. The van der Waals surface area contributed by atoms with Crippen LogP contribution in [0.25, 0.3) is 0 Å². The first-order valence-corrected chi connectivity index (χ1v) is 39.6. The van der Waals surface area contributed by atoms with Crippen molar-refractivity contribution in [2.45, 2.75) is 328 Å². The van der Waals surface area contributed by atoms with Crippen molar-refractivity contribution in [3.8, 4) is 0 Å². The monoisotopic (exact) mass is 1870 g/mol. The highest BCUT2D eigenvalue weighted by Crippen LogP contribution is 2.46. The van der Waals surface area contributed by atoms with Crippen LogP contribution in [-0.4, -0.2) is 522 Å². The summed E-state index contributed by atoms with van der Waals surface area (Å²) in [5.74, 6) is -29.3. The molecule has 128 heavy (non-hydrogen) atoms. The molecule has 0 unspecified atom stereocenters. The van der Waals surface area contributed by atoms with E-state index in [4.69, 9.17) is 71.1 Å². The number of aliphatic carboxylic acids is 4. The molecule has 0 saturated carbocycles. The average molecular weight is 1870 g/mol. The molecule has 8 aliphatic heterocycles. The van der Waals surface area contributed by atoms with E-state index >= 15 is 0 Å². The maximum Gasteiger partial charge on any atom is 0.364 e. The molecule has 8 rings (SSSR count). The predicted molar refractivity (Wildman–Crippen MR) is 391 cm³/mol. The van der Waals surface area contributed by atoms with Gasteiger partial charge in [-0.3, -0.25) is 24.0 Å². The molecule has 34 N–H and O–H groups in total. The van der Waals surface area contributed by atoms with Crippen LogP contribution in [0.3, 0.4) is 0 Å². The first-order valence-electron chi connectivity index (χ1n) is 39.6. The SMILES string of the molecule is CC(=O)N[C@H]1[C@H](O[C@@H]2[C@H](O[C@]3(C(=O)O)C[C@H](O)[C@@H](NC(C)=O)[C@H]([C@H](O)[C@@H](CO)O[C@]4(C(=O)O)C[C@H](O)[C@@H](NC(C)=O)[C@H]([C@H](O)[C@@H](CO)O[C@]5(C(=O)O)C[C@H](O)[C@@H](NC(C)=O)[C@H]([C@H](O)[C@H](O)CO)O5)O4)O3)[C@@H](O)[C@H](O[C@H]3[C@H](O)[C@@H](O)[C@@H](O)O[C@@H]3CO)O[C@@H]2CO)O[C@H](CO)[C@H](O)[C@@H]1O[C@@H]1O[C@H](CO)[C@H](O)[C@H](O[C@]2(C(=O)O)C[C@H](O)[C@@H](NC(C)=O)[C@H]([C@H](O)[C@H](O)CO)O2)[C@H]1O. The topological polar surface area (TPSA) is 939 Å². The third kappa shape index (κ3) is 23.2. The van der Waals surface area contributed by atoms with Crippen molar-refractivity contribution < 1.29 is 262 Å². The summed E-state index contributed by atoms with van der Waals surface area (Å²) >= 11 is 0. The highest BCUT2D eigenvalue weighted by atomic mass is 16.8. The van der Waals surface area contributed by atoms with E-state index in [0.717, 1.165) is 34.6 Å². The Morgan fingerprint density at radius 2 is 0.609 bits per heavy atom. The molecule has 0 aromatic rings. The second-order valence-corrected chi connectivity index (χ2v) is 31.8. The zero-order chi connectivity index (χ0) is 95.9. The number of carboxylic acids is 4. The molecule has 736 valence electrons. The Balaban J connectivity index is 1.19. The molecular formula is C70H113N5O53. The second-order valence-electron chi connectivity index (χ2n) is 31.8. The summed E-state index contributed by atoms with van der Waals surface area (Å²) in [7, 11) is 0. The van der Waals surface area contributed by atoms with Crippen LogP contribution in [0.2, 0.25) is 0 Å². The lowest BCUT2D eigenvalue weighted by Gasteiger charge is -2.53. The molecule has 0 radical (unpaired) electrons. The number of rotatable bonds is 39. The van der Waals surface area contributed by atoms with Gasteiger partial charge in [-0.25, -0.2) is 19.2 Å². The fraction of sp³-hybridized carbons (Fsp3) is 0.871. The minimum Gasteiger partial charge on any atom is -0.477 e. The van der Waals surface area contributed by atoms with E-state index in [1.165, 1.54) is 0 Å². The van der Waals surface area contributed by atoms with E-state index in [1.54, 1.807) is 0 Å². The maximum absolute atomic E-state index is 14.4. The molecule has 0 aromatic carbocycles. The number of amides is 5. The van der Waals surface area contributed by atoms with Gasteiger partial charge in [0, 0.05) is 60.3 Å². The van der Waals surface area contributed by atoms with Crippen LogP contribution in [0.15, 0.2) is 0 Å². The van der Waals surface area contributed by atoms with Crippen LogP contribution in [0.1, 0.15) is 60.3 Å². The number of carboxylic acid groups (broad SMARTS) is 4. The summed E-state index contributed by atoms with van der Waals surface area (Å²) in [6.45, 7) is -7.29. The fourth-order valence-electron chi connectivity index (χ4n) is 16.3. The van der Waals surface area contributed by atoms with Crippen molar-refractivity contribution in [3.63, 3.8) is 0 Å². The number of hydrogen-bond acceptors (Lipinski definition) is 49. The molecule has 0 aliphatic carbocycles. The Kier molecular flexibility index (Phi) is 37.3. The first kappa shape index (κ1) is 107. The van der Waals surface area contributed by atoms with Crippen molar-refractivity contribution in [3.05, 3.63) is 0 Å². The molecule has 8 aliphatic rings. The zero-order valence-electron chi connectivity index (χ0n) is 68.3. The third-order valence-electron chi connectivity index (χ3n) is 22.6. The molecule has 58 nitrogen and oxygen atoms in total. The Labute approximate surface area is 721 Å². The van der Waals surface area contributed by atoms with Crippen LogP contribution in [-0.2, 0) is 114 Å². The highest BCUT2D eigenvalue weighted by Gasteiger charge is 2.67. The number of hydrogen-bond donors (Lipinski definition) is 34. The quantitative estimate of drug-likeness (QED) is 0.0272. The van der Waals surface area contributed by atoms with Crippen molar-refractivity contribution in [1.82, 2.24) is 26.6 Å². The van der Waals surface area contributed by atoms with Gasteiger partial charge in [-0.05, 0) is 0 Å². The van der Waals surface area contributed by atoms with E-state index < -0.39 is 400 Å². The summed E-state index contributed by atoms with van der Waals surface area (Å²) < 4.78 is 87.5.